The van der Waals surface area contributed by atoms with Crippen LogP contribution in [0.2, 0.25) is 0 Å². The fourth-order valence-electron chi connectivity index (χ4n) is 1.16. The van der Waals surface area contributed by atoms with Crippen LogP contribution in [0, 0.1) is 0 Å². The van der Waals surface area contributed by atoms with Crippen LogP contribution in [0.3, 0.4) is 0 Å². The molecular weight excluding hydrogens is 142 g/mol. The Labute approximate surface area is 67.7 Å². The summed E-state index contributed by atoms with van der Waals surface area (Å²) in [6, 6.07) is 0. The lowest BCUT2D eigenvalue weighted by molar-refractivity contribution is -0.0533. The molecule has 1 aliphatic rings. The molecule has 1 rings (SSSR count). The molecule has 0 aromatic rings. The zero-order valence-corrected chi connectivity index (χ0v) is 7.21. The molecule has 1 fully saturated rings. The summed E-state index contributed by atoms with van der Waals surface area (Å²) in [5.74, 6) is 0. The lowest BCUT2D eigenvalue weighted by Crippen LogP contribution is -2.29. The van der Waals surface area contributed by atoms with Gasteiger partial charge in [0, 0.05) is 6.54 Å². The molecule has 0 aromatic heterocycles. The first-order chi connectivity index (χ1) is 5.20. The van der Waals surface area contributed by atoms with Gasteiger partial charge in [0.15, 0.2) is 0 Å². The number of rotatable bonds is 3. The Morgan fingerprint density at radius 2 is 2.27 bits per heavy atom. The molecule has 3 atom stereocenters. The minimum absolute atomic E-state index is 0.0418. The third-order valence-electron chi connectivity index (χ3n) is 2.10. The molecule has 3 unspecified atom stereocenters. The van der Waals surface area contributed by atoms with Crippen molar-refractivity contribution in [1.29, 1.82) is 0 Å². The Morgan fingerprint density at radius 3 is 2.73 bits per heavy atom. The summed E-state index contributed by atoms with van der Waals surface area (Å²) in [6.45, 7) is 5.63. The molecule has 2 N–H and O–H groups in total. The van der Waals surface area contributed by atoms with E-state index in [0.717, 1.165) is 19.5 Å². The van der Waals surface area contributed by atoms with E-state index in [1.165, 1.54) is 0 Å². The molecule has 0 saturated carbocycles. The second kappa shape index (κ2) is 4.04. The molecule has 66 valence electrons. The number of aliphatic hydroxyl groups is 1. The minimum atomic E-state index is -0.365. The third-order valence-corrected chi connectivity index (χ3v) is 2.10. The van der Waals surface area contributed by atoms with Gasteiger partial charge in [0.05, 0.1) is 18.3 Å². The van der Waals surface area contributed by atoms with Crippen LogP contribution in [-0.2, 0) is 4.74 Å². The quantitative estimate of drug-likeness (QED) is 0.615. The number of hydrogen-bond donors (Lipinski definition) is 2. The molecule has 0 aliphatic carbocycles. The third kappa shape index (κ3) is 2.77. The van der Waals surface area contributed by atoms with Crippen LogP contribution in [0.5, 0.6) is 0 Å². The molecule has 3 nitrogen and oxygen atoms in total. The van der Waals surface area contributed by atoms with Crippen molar-refractivity contribution in [2.24, 2.45) is 0 Å². The van der Waals surface area contributed by atoms with Crippen LogP contribution in [0.1, 0.15) is 20.3 Å². The first kappa shape index (κ1) is 8.97. The van der Waals surface area contributed by atoms with Gasteiger partial charge in [-0.15, -0.1) is 0 Å². The van der Waals surface area contributed by atoms with Gasteiger partial charge >= 0.3 is 0 Å². The maximum Gasteiger partial charge on any atom is 0.0807 e. The van der Waals surface area contributed by atoms with E-state index in [4.69, 9.17) is 9.84 Å². The highest BCUT2D eigenvalue weighted by Gasteiger charge is 2.19. The molecule has 0 amide bonds. The molecule has 11 heavy (non-hydrogen) atoms. The summed E-state index contributed by atoms with van der Waals surface area (Å²) in [5.41, 5.74) is 0. The topological polar surface area (TPSA) is 41.5 Å². The molecule has 0 radical (unpaired) electrons. The van der Waals surface area contributed by atoms with E-state index in [-0.39, 0.29) is 12.2 Å². The van der Waals surface area contributed by atoms with Crippen LogP contribution in [0.15, 0.2) is 0 Å². The van der Waals surface area contributed by atoms with Gasteiger partial charge in [-0.2, -0.15) is 0 Å². The van der Waals surface area contributed by atoms with Crippen molar-refractivity contribution in [2.75, 3.05) is 13.1 Å². The molecule has 0 bridgehead atoms. The average Bonchev–Trinajstić information content (AvgIpc) is 2.39. The summed E-state index contributed by atoms with van der Waals surface area (Å²) in [7, 11) is 0. The standard InChI is InChI=1S/C8H17NO2/c1-6(10)7(2)11-8-3-4-9-5-8/h6-10H,3-5H2,1-2H3. The number of aliphatic hydroxyl groups excluding tert-OH is 1. The van der Waals surface area contributed by atoms with Crippen molar-refractivity contribution in [2.45, 2.75) is 38.6 Å². The SMILES string of the molecule is CC(O)C(C)OC1CCNC1. The molecule has 0 aromatic carbocycles. The summed E-state index contributed by atoms with van der Waals surface area (Å²) in [5, 5.41) is 12.3. The lowest BCUT2D eigenvalue weighted by atomic mass is 10.2. The zero-order valence-electron chi connectivity index (χ0n) is 7.21. The van der Waals surface area contributed by atoms with Gasteiger partial charge in [0.2, 0.25) is 0 Å². The highest BCUT2D eigenvalue weighted by atomic mass is 16.5. The van der Waals surface area contributed by atoms with Crippen LogP contribution in [-0.4, -0.2) is 36.5 Å². The predicted molar refractivity (Wildman–Crippen MR) is 43.5 cm³/mol. The lowest BCUT2D eigenvalue weighted by Gasteiger charge is -2.19. The van der Waals surface area contributed by atoms with Crippen molar-refractivity contribution in [3.8, 4) is 0 Å². The smallest absolute Gasteiger partial charge is 0.0807 e. The van der Waals surface area contributed by atoms with Gasteiger partial charge in [-0.1, -0.05) is 0 Å². The largest absolute Gasteiger partial charge is 0.391 e. The van der Waals surface area contributed by atoms with Crippen LogP contribution < -0.4 is 5.32 Å². The molecule has 1 heterocycles. The predicted octanol–water partition coefficient (Wildman–Crippen LogP) is 0.134. The Balaban J connectivity index is 2.18. The van der Waals surface area contributed by atoms with Gasteiger partial charge in [0.1, 0.15) is 0 Å². The fraction of sp³-hybridized carbons (Fsp3) is 1.00. The van der Waals surface area contributed by atoms with Crippen LogP contribution in [0.25, 0.3) is 0 Å². The monoisotopic (exact) mass is 159 g/mol. The molecule has 0 spiro atoms. The van der Waals surface area contributed by atoms with E-state index in [1.54, 1.807) is 6.92 Å². The number of nitrogens with one attached hydrogen (secondary N) is 1. The Morgan fingerprint density at radius 1 is 1.55 bits per heavy atom. The van der Waals surface area contributed by atoms with Gasteiger partial charge in [-0.05, 0) is 26.8 Å². The second-order valence-electron chi connectivity index (χ2n) is 3.20. The first-order valence-corrected chi connectivity index (χ1v) is 4.24. The van der Waals surface area contributed by atoms with Gasteiger partial charge in [-0.25, -0.2) is 0 Å². The van der Waals surface area contributed by atoms with E-state index < -0.39 is 0 Å². The van der Waals surface area contributed by atoms with Crippen molar-refractivity contribution in [3.63, 3.8) is 0 Å². The molecule has 1 aliphatic heterocycles. The van der Waals surface area contributed by atoms with Crippen LogP contribution in [0.4, 0.5) is 0 Å². The second-order valence-corrected chi connectivity index (χ2v) is 3.20. The van der Waals surface area contributed by atoms with Gasteiger partial charge in [0.25, 0.3) is 0 Å². The Bertz CT molecular complexity index is 111. The Kier molecular flexibility index (Phi) is 3.30. The van der Waals surface area contributed by atoms with Crippen molar-refractivity contribution < 1.29 is 9.84 Å². The summed E-state index contributed by atoms with van der Waals surface area (Å²) in [4.78, 5) is 0. The highest BCUT2D eigenvalue weighted by Crippen LogP contribution is 2.08. The fourth-order valence-corrected chi connectivity index (χ4v) is 1.16. The Hall–Kier alpha value is -0.120. The van der Waals surface area contributed by atoms with E-state index in [1.807, 2.05) is 6.92 Å². The van der Waals surface area contributed by atoms with Crippen LogP contribution >= 0.6 is 0 Å². The highest BCUT2D eigenvalue weighted by molar-refractivity contribution is 4.73. The minimum Gasteiger partial charge on any atom is -0.391 e. The summed E-state index contributed by atoms with van der Waals surface area (Å²) < 4.78 is 5.56. The maximum atomic E-state index is 9.14. The van der Waals surface area contributed by atoms with E-state index in [2.05, 4.69) is 5.32 Å². The molecular formula is C8H17NO2. The van der Waals surface area contributed by atoms with Gasteiger partial charge in [-0.3, -0.25) is 0 Å². The number of ether oxygens (including phenoxy) is 1. The number of hydrogen-bond acceptors (Lipinski definition) is 3. The molecule has 1 saturated heterocycles. The van der Waals surface area contributed by atoms with E-state index >= 15 is 0 Å². The average molecular weight is 159 g/mol. The van der Waals surface area contributed by atoms with Crippen molar-refractivity contribution in [1.82, 2.24) is 5.32 Å². The van der Waals surface area contributed by atoms with Crippen molar-refractivity contribution in [3.05, 3.63) is 0 Å². The first-order valence-electron chi connectivity index (χ1n) is 4.24. The van der Waals surface area contributed by atoms with E-state index in [9.17, 15) is 0 Å². The molecule has 3 heteroatoms. The summed E-state index contributed by atoms with van der Waals surface area (Å²) >= 11 is 0. The maximum absolute atomic E-state index is 9.14. The normalized spacial score (nSPS) is 30.3. The summed E-state index contributed by atoms with van der Waals surface area (Å²) in [6.07, 6.45) is 0.965. The van der Waals surface area contributed by atoms with E-state index in [0.29, 0.717) is 6.10 Å². The zero-order chi connectivity index (χ0) is 8.27. The van der Waals surface area contributed by atoms with Gasteiger partial charge < -0.3 is 15.2 Å². The van der Waals surface area contributed by atoms with Crippen molar-refractivity contribution >= 4 is 0 Å².